The number of aliphatic carboxylic acids is 1. The second-order valence-electron chi connectivity index (χ2n) is 5.72. The van der Waals surface area contributed by atoms with Crippen LogP contribution in [0.3, 0.4) is 0 Å². The fraction of sp³-hybridized carbons (Fsp3) is 0.381. The largest absolute Gasteiger partial charge is 0.497 e. The zero-order valence-corrected chi connectivity index (χ0v) is 16.1. The van der Waals surface area contributed by atoms with E-state index < -0.39 is 12.1 Å². The molecule has 27 heavy (non-hydrogen) atoms. The van der Waals surface area contributed by atoms with E-state index in [0.717, 1.165) is 17.7 Å². The fourth-order valence-corrected chi connectivity index (χ4v) is 2.12. The predicted octanol–water partition coefficient (Wildman–Crippen LogP) is 3.48. The molecule has 0 aliphatic heterocycles. The first-order valence-electron chi connectivity index (χ1n) is 8.74. The van der Waals surface area contributed by atoms with Crippen molar-refractivity contribution in [1.29, 1.82) is 0 Å². The smallest absolute Gasteiger partial charge is 0.303 e. The Balaban J connectivity index is 0.000000828. The lowest BCUT2D eigenvalue weighted by atomic mass is 10.1. The summed E-state index contributed by atoms with van der Waals surface area (Å²) in [4.78, 5) is 10.5. The lowest BCUT2D eigenvalue weighted by Crippen LogP contribution is -2.09. The van der Waals surface area contributed by atoms with Crippen LogP contribution in [0.5, 0.6) is 11.5 Å². The summed E-state index contributed by atoms with van der Waals surface area (Å²) in [6.07, 6.45) is -0.159. The van der Waals surface area contributed by atoms with Gasteiger partial charge >= 0.3 is 5.97 Å². The van der Waals surface area contributed by atoms with Gasteiger partial charge in [0.2, 0.25) is 0 Å². The number of carboxylic acid groups (broad SMARTS) is 1. The summed E-state index contributed by atoms with van der Waals surface area (Å²) in [5.41, 5.74) is 1.66. The van der Waals surface area contributed by atoms with Gasteiger partial charge in [0.15, 0.2) is 0 Å². The number of methoxy groups -OCH3 is 2. The van der Waals surface area contributed by atoms with Crippen LogP contribution in [0, 0.1) is 0 Å². The van der Waals surface area contributed by atoms with Gasteiger partial charge in [-0.1, -0.05) is 24.3 Å². The van der Waals surface area contributed by atoms with Crippen molar-refractivity contribution in [3.8, 4) is 11.5 Å². The highest BCUT2D eigenvalue weighted by Crippen LogP contribution is 2.21. The number of carboxylic acids is 1. The number of aliphatic hydroxyl groups is 1. The quantitative estimate of drug-likeness (QED) is 0.697. The number of benzene rings is 2. The van der Waals surface area contributed by atoms with E-state index >= 15 is 0 Å². The minimum atomic E-state index is -0.813. The van der Waals surface area contributed by atoms with Crippen LogP contribution in [0.25, 0.3) is 0 Å². The lowest BCUT2D eigenvalue weighted by Gasteiger charge is -2.14. The first kappa shape index (κ1) is 22.5. The molecule has 0 heterocycles. The molecule has 0 saturated carbocycles. The van der Waals surface area contributed by atoms with Crippen molar-refractivity contribution < 1.29 is 29.2 Å². The van der Waals surface area contributed by atoms with Crippen LogP contribution in [-0.4, -0.2) is 43.6 Å². The van der Waals surface area contributed by atoms with E-state index in [4.69, 9.17) is 14.6 Å². The van der Waals surface area contributed by atoms with Crippen molar-refractivity contribution in [3.63, 3.8) is 0 Å². The van der Waals surface area contributed by atoms with Crippen LogP contribution in [0.1, 0.15) is 30.6 Å². The molecule has 2 aromatic carbocycles. The number of hydrogen-bond donors (Lipinski definition) is 2. The molecule has 0 fully saturated rings. The van der Waals surface area contributed by atoms with Crippen LogP contribution in [-0.2, 0) is 16.0 Å². The highest BCUT2D eigenvalue weighted by molar-refractivity contribution is 5.67. The summed E-state index contributed by atoms with van der Waals surface area (Å²) >= 11 is 0. The minimum Gasteiger partial charge on any atom is -0.497 e. The number of aryl methyl sites for hydroxylation is 1. The number of hydrogen-bond acceptors (Lipinski definition) is 5. The summed E-state index contributed by atoms with van der Waals surface area (Å²) in [5, 5.41) is 18.8. The maximum atomic E-state index is 10.5. The third kappa shape index (κ3) is 9.08. The molecule has 0 radical (unpaired) electrons. The highest BCUT2D eigenvalue weighted by atomic mass is 16.5. The van der Waals surface area contributed by atoms with Crippen molar-refractivity contribution in [3.05, 3.63) is 59.7 Å². The third-order valence-corrected chi connectivity index (χ3v) is 3.73. The second-order valence-corrected chi connectivity index (χ2v) is 5.72. The maximum absolute atomic E-state index is 10.5. The predicted molar refractivity (Wildman–Crippen MR) is 103 cm³/mol. The van der Waals surface area contributed by atoms with E-state index in [0.29, 0.717) is 17.9 Å². The van der Waals surface area contributed by atoms with Gasteiger partial charge in [0.25, 0.3) is 0 Å². The number of ether oxygens (including phenoxy) is 3. The van der Waals surface area contributed by atoms with Crippen molar-refractivity contribution in [1.82, 2.24) is 0 Å². The molecule has 0 amide bonds. The maximum Gasteiger partial charge on any atom is 0.303 e. The number of aliphatic hydroxyl groups excluding tert-OH is 1. The van der Waals surface area contributed by atoms with Gasteiger partial charge in [0.1, 0.15) is 24.2 Å². The SMILES string of the molecule is CCOC.COc1cccc(C(O)COc2ccc(CCC(=O)O)cc2)c1. The van der Waals surface area contributed by atoms with Gasteiger partial charge in [0, 0.05) is 20.1 Å². The van der Waals surface area contributed by atoms with Crippen molar-refractivity contribution in [2.75, 3.05) is 27.4 Å². The zero-order valence-electron chi connectivity index (χ0n) is 16.1. The van der Waals surface area contributed by atoms with Gasteiger partial charge in [0.05, 0.1) is 7.11 Å². The monoisotopic (exact) mass is 376 g/mol. The number of rotatable bonds is 9. The average molecular weight is 376 g/mol. The van der Waals surface area contributed by atoms with Gasteiger partial charge < -0.3 is 24.4 Å². The Hall–Kier alpha value is -2.57. The molecule has 2 rings (SSSR count). The highest BCUT2D eigenvalue weighted by Gasteiger charge is 2.09. The molecule has 1 atom stereocenters. The summed E-state index contributed by atoms with van der Waals surface area (Å²) in [6.45, 7) is 2.90. The Bertz CT molecular complexity index is 667. The van der Waals surface area contributed by atoms with Crippen LogP contribution in [0.2, 0.25) is 0 Å². The van der Waals surface area contributed by atoms with Gasteiger partial charge in [-0.15, -0.1) is 0 Å². The van der Waals surface area contributed by atoms with Crippen molar-refractivity contribution >= 4 is 5.97 Å². The van der Waals surface area contributed by atoms with Crippen LogP contribution < -0.4 is 9.47 Å². The Morgan fingerprint density at radius 3 is 2.30 bits per heavy atom. The van der Waals surface area contributed by atoms with Gasteiger partial charge in [-0.05, 0) is 48.7 Å². The van der Waals surface area contributed by atoms with Crippen LogP contribution >= 0.6 is 0 Å². The van der Waals surface area contributed by atoms with Gasteiger partial charge in [-0.3, -0.25) is 4.79 Å². The first-order valence-corrected chi connectivity index (χ1v) is 8.74. The van der Waals surface area contributed by atoms with E-state index in [1.165, 1.54) is 0 Å². The molecular weight excluding hydrogens is 348 g/mol. The molecular formula is C21H28O6. The van der Waals surface area contributed by atoms with Crippen LogP contribution in [0.4, 0.5) is 0 Å². The molecule has 0 aromatic heterocycles. The van der Waals surface area contributed by atoms with E-state index in [-0.39, 0.29) is 13.0 Å². The molecule has 0 bridgehead atoms. The van der Waals surface area contributed by atoms with Crippen molar-refractivity contribution in [2.24, 2.45) is 0 Å². The molecule has 1 unspecified atom stereocenters. The molecule has 0 saturated heterocycles. The Labute approximate surface area is 160 Å². The minimum absolute atomic E-state index is 0.106. The fourth-order valence-electron chi connectivity index (χ4n) is 2.12. The Morgan fingerprint density at radius 1 is 1.07 bits per heavy atom. The molecule has 0 aliphatic carbocycles. The third-order valence-electron chi connectivity index (χ3n) is 3.73. The molecule has 148 valence electrons. The van der Waals surface area contributed by atoms with Crippen LogP contribution in [0.15, 0.2) is 48.5 Å². The van der Waals surface area contributed by atoms with E-state index in [1.807, 2.05) is 37.3 Å². The van der Waals surface area contributed by atoms with E-state index in [9.17, 15) is 9.90 Å². The molecule has 0 spiro atoms. The summed E-state index contributed by atoms with van der Waals surface area (Å²) in [6, 6.07) is 14.4. The standard InChI is InChI=1S/C18H20O5.C3H8O/c1-22-16-4-2-3-14(11-16)17(19)12-23-15-8-5-13(6-9-15)7-10-18(20)21;1-3-4-2/h2-6,8-9,11,17,19H,7,10,12H2,1H3,(H,20,21);3H2,1-2H3. The molecule has 6 nitrogen and oxygen atoms in total. The van der Waals surface area contributed by atoms with Gasteiger partial charge in [-0.2, -0.15) is 0 Å². The molecule has 6 heteroatoms. The Morgan fingerprint density at radius 2 is 1.74 bits per heavy atom. The molecule has 0 aliphatic rings. The summed E-state index contributed by atoms with van der Waals surface area (Å²) in [5.74, 6) is 0.502. The summed E-state index contributed by atoms with van der Waals surface area (Å²) in [7, 11) is 3.26. The lowest BCUT2D eigenvalue weighted by molar-refractivity contribution is -0.136. The summed E-state index contributed by atoms with van der Waals surface area (Å²) < 4.78 is 15.2. The Kier molecular flexibility index (Phi) is 10.6. The van der Waals surface area contributed by atoms with E-state index in [2.05, 4.69) is 4.74 Å². The average Bonchev–Trinajstić information content (AvgIpc) is 2.71. The molecule has 2 N–H and O–H groups in total. The topological polar surface area (TPSA) is 85.2 Å². The van der Waals surface area contributed by atoms with Crippen molar-refractivity contribution in [2.45, 2.75) is 25.9 Å². The molecule has 2 aromatic rings. The first-order chi connectivity index (χ1) is 13.0. The zero-order chi connectivity index (χ0) is 20.1. The second kappa shape index (κ2) is 12.7. The number of carbonyl (C=O) groups is 1. The normalized spacial score (nSPS) is 11.1. The van der Waals surface area contributed by atoms with Gasteiger partial charge in [-0.25, -0.2) is 0 Å². The van der Waals surface area contributed by atoms with E-state index in [1.54, 1.807) is 32.4 Å².